The fourth-order valence-electron chi connectivity index (χ4n) is 2.99. The van der Waals surface area contributed by atoms with E-state index < -0.39 is 12.0 Å². The Balaban J connectivity index is 2.00. The van der Waals surface area contributed by atoms with Gasteiger partial charge in [0, 0.05) is 35.8 Å². The first-order valence-electron chi connectivity index (χ1n) is 9.65. The van der Waals surface area contributed by atoms with Gasteiger partial charge in [-0.15, -0.1) is 0 Å². The van der Waals surface area contributed by atoms with E-state index in [0.29, 0.717) is 17.0 Å². The molecular formula is C23H23N5O3. The number of carbonyl (C=O) groups excluding carboxylic acids is 1. The fourth-order valence-corrected chi connectivity index (χ4v) is 2.99. The molecule has 3 N–H and O–H groups in total. The van der Waals surface area contributed by atoms with Crippen molar-refractivity contribution in [1.82, 2.24) is 15.3 Å². The van der Waals surface area contributed by atoms with Crippen LogP contribution in [0.3, 0.4) is 0 Å². The first-order valence-corrected chi connectivity index (χ1v) is 9.65. The monoisotopic (exact) mass is 417 g/mol. The first-order chi connectivity index (χ1) is 14.9. The number of nitrogens with one attached hydrogen (secondary N) is 2. The van der Waals surface area contributed by atoms with Crippen LogP contribution >= 0.6 is 0 Å². The van der Waals surface area contributed by atoms with Gasteiger partial charge in [-0.25, -0.2) is 9.97 Å². The topological polar surface area (TPSA) is 120 Å². The second-order valence-corrected chi connectivity index (χ2v) is 6.97. The quantitative estimate of drug-likeness (QED) is 0.482. The van der Waals surface area contributed by atoms with Gasteiger partial charge in [-0.2, -0.15) is 5.26 Å². The number of methoxy groups -OCH3 is 1. The highest BCUT2D eigenvalue weighted by atomic mass is 16.5. The molecule has 1 aromatic heterocycles. The molecule has 0 aliphatic carbocycles. The van der Waals surface area contributed by atoms with Crippen LogP contribution in [0.15, 0.2) is 54.7 Å². The number of hydrogen-bond donors (Lipinski definition) is 3. The SMILES string of the molecule is C=C(C#N)CNc1c(OC)ccc2ccc(-c3ccnc(C(=O)NCC(C)O)n3)cc12. The predicted octanol–water partition coefficient (Wildman–Crippen LogP) is 2.91. The Morgan fingerprint density at radius 2 is 2.10 bits per heavy atom. The zero-order chi connectivity index (χ0) is 22.4. The summed E-state index contributed by atoms with van der Waals surface area (Å²) in [6, 6.07) is 13.3. The molecule has 3 aromatic rings. The lowest BCUT2D eigenvalue weighted by molar-refractivity contribution is 0.0913. The molecule has 31 heavy (non-hydrogen) atoms. The highest BCUT2D eigenvalue weighted by molar-refractivity contribution is 5.99. The lowest BCUT2D eigenvalue weighted by Gasteiger charge is -2.15. The summed E-state index contributed by atoms with van der Waals surface area (Å²) < 4.78 is 5.49. The fraction of sp³-hybridized carbons (Fsp3) is 0.217. The Kier molecular flexibility index (Phi) is 6.80. The molecule has 0 radical (unpaired) electrons. The average Bonchev–Trinajstić information content (AvgIpc) is 2.80. The van der Waals surface area contributed by atoms with Crippen LogP contribution in [0.4, 0.5) is 5.69 Å². The number of aliphatic hydroxyl groups is 1. The van der Waals surface area contributed by atoms with E-state index in [2.05, 4.69) is 27.2 Å². The summed E-state index contributed by atoms with van der Waals surface area (Å²) in [6.07, 6.45) is 0.858. The van der Waals surface area contributed by atoms with Gasteiger partial charge in [0.25, 0.3) is 5.91 Å². The van der Waals surface area contributed by atoms with Gasteiger partial charge in [0.2, 0.25) is 5.82 Å². The number of aliphatic hydroxyl groups excluding tert-OH is 1. The smallest absolute Gasteiger partial charge is 0.289 e. The third-order valence-corrected chi connectivity index (χ3v) is 4.55. The van der Waals surface area contributed by atoms with Gasteiger partial charge in [0.05, 0.1) is 30.7 Å². The van der Waals surface area contributed by atoms with Gasteiger partial charge in [0.1, 0.15) is 5.75 Å². The van der Waals surface area contributed by atoms with Gasteiger partial charge < -0.3 is 20.5 Å². The second kappa shape index (κ2) is 9.69. The van der Waals surface area contributed by atoms with E-state index >= 15 is 0 Å². The Bertz CT molecular complexity index is 1170. The van der Waals surface area contributed by atoms with Crippen LogP contribution in [0.1, 0.15) is 17.5 Å². The summed E-state index contributed by atoms with van der Waals surface area (Å²) in [5.74, 6) is 0.200. The molecule has 0 fully saturated rings. The van der Waals surface area contributed by atoms with Crippen LogP contribution in [0.25, 0.3) is 22.0 Å². The normalized spacial score (nSPS) is 11.4. The number of nitriles is 1. The molecule has 0 aliphatic heterocycles. The van der Waals surface area contributed by atoms with Crippen molar-refractivity contribution in [3.05, 3.63) is 60.6 Å². The maximum absolute atomic E-state index is 12.3. The molecule has 3 rings (SSSR count). The number of hydrogen-bond acceptors (Lipinski definition) is 7. The number of aromatic nitrogens is 2. The minimum atomic E-state index is -0.661. The highest BCUT2D eigenvalue weighted by Crippen LogP contribution is 2.35. The zero-order valence-corrected chi connectivity index (χ0v) is 17.3. The number of rotatable bonds is 8. The molecule has 1 atom stereocenters. The van der Waals surface area contributed by atoms with Crippen molar-refractivity contribution in [2.24, 2.45) is 0 Å². The molecule has 0 aliphatic rings. The first kappa shape index (κ1) is 21.7. The molecule has 8 nitrogen and oxygen atoms in total. The third kappa shape index (κ3) is 5.15. The molecule has 0 saturated heterocycles. The lowest BCUT2D eigenvalue weighted by Crippen LogP contribution is -2.31. The Hall–Kier alpha value is -3.96. The summed E-state index contributed by atoms with van der Waals surface area (Å²) in [4.78, 5) is 20.7. The van der Waals surface area contributed by atoms with E-state index in [-0.39, 0.29) is 18.9 Å². The number of ether oxygens (including phenoxy) is 1. The van der Waals surface area contributed by atoms with Crippen molar-refractivity contribution >= 4 is 22.4 Å². The minimum Gasteiger partial charge on any atom is -0.495 e. The Labute approximate surface area is 180 Å². The van der Waals surface area contributed by atoms with Gasteiger partial charge in [-0.1, -0.05) is 24.8 Å². The van der Waals surface area contributed by atoms with Gasteiger partial charge in [-0.3, -0.25) is 4.79 Å². The molecule has 0 spiro atoms. The third-order valence-electron chi connectivity index (χ3n) is 4.55. The molecule has 1 amide bonds. The molecule has 0 saturated carbocycles. The lowest BCUT2D eigenvalue weighted by atomic mass is 10.0. The van der Waals surface area contributed by atoms with E-state index in [9.17, 15) is 9.90 Å². The molecule has 2 aromatic carbocycles. The number of fused-ring (bicyclic) bond motifs is 1. The van der Waals surface area contributed by atoms with Gasteiger partial charge >= 0.3 is 0 Å². The molecule has 0 bridgehead atoms. The van der Waals surface area contributed by atoms with Crippen molar-refractivity contribution in [2.45, 2.75) is 13.0 Å². The predicted molar refractivity (Wildman–Crippen MR) is 119 cm³/mol. The number of anilines is 1. The Morgan fingerprint density at radius 1 is 1.32 bits per heavy atom. The van der Waals surface area contributed by atoms with Gasteiger partial charge in [-0.05, 0) is 30.5 Å². The number of benzene rings is 2. The summed E-state index contributed by atoms with van der Waals surface area (Å²) in [5.41, 5.74) is 2.50. The van der Waals surface area contributed by atoms with E-state index in [1.165, 1.54) is 6.20 Å². The summed E-state index contributed by atoms with van der Waals surface area (Å²) in [7, 11) is 1.58. The molecule has 158 valence electrons. The number of nitrogens with zero attached hydrogens (tertiary/aromatic N) is 3. The molecular weight excluding hydrogens is 394 g/mol. The summed E-state index contributed by atoms with van der Waals surface area (Å²) in [5, 5.41) is 26.0. The molecule has 1 heterocycles. The maximum atomic E-state index is 12.3. The minimum absolute atomic E-state index is 0.0209. The maximum Gasteiger partial charge on any atom is 0.289 e. The van der Waals surface area contributed by atoms with Crippen LogP contribution in [0, 0.1) is 11.3 Å². The van der Waals surface area contributed by atoms with E-state index in [0.717, 1.165) is 22.0 Å². The summed E-state index contributed by atoms with van der Waals surface area (Å²) in [6.45, 7) is 5.69. The van der Waals surface area contributed by atoms with Crippen molar-refractivity contribution in [2.75, 3.05) is 25.5 Å². The summed E-state index contributed by atoms with van der Waals surface area (Å²) >= 11 is 0. The number of amides is 1. The molecule has 8 heteroatoms. The standard InChI is InChI=1S/C23H23N5O3/c1-14(11-24)12-26-21-18-10-17(5-4-16(18)6-7-20(21)31-3)19-8-9-25-22(28-19)23(30)27-13-15(2)29/h4-10,15,26,29H,1,12-13H2,2-3H3,(H,27,30). The van der Waals surface area contributed by atoms with Crippen LogP contribution in [0.5, 0.6) is 5.75 Å². The van der Waals surface area contributed by atoms with Crippen LogP contribution in [-0.4, -0.2) is 47.3 Å². The van der Waals surface area contributed by atoms with Crippen LogP contribution in [-0.2, 0) is 0 Å². The molecule has 1 unspecified atom stereocenters. The Morgan fingerprint density at radius 3 is 2.81 bits per heavy atom. The number of carbonyl (C=O) groups is 1. The van der Waals surface area contributed by atoms with E-state index in [1.807, 2.05) is 36.4 Å². The van der Waals surface area contributed by atoms with E-state index in [1.54, 1.807) is 20.1 Å². The van der Waals surface area contributed by atoms with Crippen LogP contribution in [0.2, 0.25) is 0 Å². The van der Waals surface area contributed by atoms with Crippen LogP contribution < -0.4 is 15.4 Å². The highest BCUT2D eigenvalue weighted by Gasteiger charge is 2.13. The average molecular weight is 417 g/mol. The van der Waals surface area contributed by atoms with Crippen molar-refractivity contribution < 1.29 is 14.6 Å². The zero-order valence-electron chi connectivity index (χ0n) is 17.3. The van der Waals surface area contributed by atoms with E-state index in [4.69, 9.17) is 10.00 Å². The second-order valence-electron chi connectivity index (χ2n) is 6.97. The van der Waals surface area contributed by atoms with Crippen molar-refractivity contribution in [3.63, 3.8) is 0 Å². The van der Waals surface area contributed by atoms with Crippen molar-refractivity contribution in [1.29, 1.82) is 5.26 Å². The largest absolute Gasteiger partial charge is 0.495 e. The van der Waals surface area contributed by atoms with Gasteiger partial charge in [0.15, 0.2) is 0 Å². The van der Waals surface area contributed by atoms with Crippen molar-refractivity contribution in [3.8, 4) is 23.1 Å².